The van der Waals surface area contributed by atoms with Gasteiger partial charge in [0.2, 0.25) is 0 Å². The maximum Gasteiger partial charge on any atom is 0.263 e. The highest BCUT2D eigenvalue weighted by atomic mass is 35.5. The molecule has 0 amide bonds. The predicted octanol–water partition coefficient (Wildman–Crippen LogP) is 4.44. The first kappa shape index (κ1) is 18.0. The summed E-state index contributed by atoms with van der Waals surface area (Å²) in [5.41, 5.74) is 2.66. The molecule has 0 unspecified atom stereocenters. The molecule has 1 aromatic heterocycles. The standard InChI is InChI=1S/C20H26ClN3O/c1-13-7-6-8-16(17(13)21)24-15(3)22-18(14(2)19(24)25)23-11-9-20(4,5)10-12-23/h6-8H,9-12H2,1-5H3. The Kier molecular flexibility index (Phi) is 4.67. The quantitative estimate of drug-likeness (QED) is 0.795. The Labute approximate surface area is 154 Å². The van der Waals surface area contributed by atoms with E-state index in [0.717, 1.165) is 37.3 Å². The fourth-order valence-corrected chi connectivity index (χ4v) is 3.63. The molecule has 1 aliphatic heterocycles. The Morgan fingerprint density at radius 2 is 1.76 bits per heavy atom. The summed E-state index contributed by atoms with van der Waals surface area (Å²) in [5.74, 6) is 1.49. The van der Waals surface area contributed by atoms with Crippen molar-refractivity contribution < 1.29 is 0 Å². The van der Waals surface area contributed by atoms with Crippen LogP contribution in [0, 0.1) is 26.2 Å². The molecule has 0 radical (unpaired) electrons. The summed E-state index contributed by atoms with van der Waals surface area (Å²) in [6.07, 6.45) is 2.22. The van der Waals surface area contributed by atoms with Crippen LogP contribution in [0.25, 0.3) is 5.69 Å². The minimum Gasteiger partial charge on any atom is -0.356 e. The van der Waals surface area contributed by atoms with Crippen LogP contribution in [0.15, 0.2) is 23.0 Å². The van der Waals surface area contributed by atoms with Crippen LogP contribution < -0.4 is 10.5 Å². The van der Waals surface area contributed by atoms with E-state index in [1.54, 1.807) is 4.57 Å². The largest absolute Gasteiger partial charge is 0.356 e. The second kappa shape index (κ2) is 6.49. The van der Waals surface area contributed by atoms with Gasteiger partial charge >= 0.3 is 0 Å². The van der Waals surface area contributed by atoms with E-state index in [0.29, 0.717) is 27.5 Å². The molecule has 1 saturated heterocycles. The van der Waals surface area contributed by atoms with Crippen LogP contribution >= 0.6 is 11.6 Å². The third-order valence-corrected chi connectivity index (χ3v) is 5.77. The molecule has 25 heavy (non-hydrogen) atoms. The first-order valence-corrected chi connectivity index (χ1v) is 9.20. The average molecular weight is 360 g/mol. The summed E-state index contributed by atoms with van der Waals surface area (Å²) in [6.45, 7) is 12.2. The molecule has 4 nitrogen and oxygen atoms in total. The molecule has 2 heterocycles. The number of rotatable bonds is 2. The van der Waals surface area contributed by atoms with Crippen molar-refractivity contribution in [1.29, 1.82) is 0 Å². The Bertz CT molecular complexity index is 860. The molecule has 1 aromatic carbocycles. The average Bonchev–Trinajstić information content (AvgIpc) is 2.55. The highest BCUT2D eigenvalue weighted by molar-refractivity contribution is 6.33. The predicted molar refractivity (Wildman–Crippen MR) is 104 cm³/mol. The molecule has 2 aromatic rings. The van der Waals surface area contributed by atoms with Crippen LogP contribution in [0.5, 0.6) is 0 Å². The lowest BCUT2D eigenvalue weighted by molar-refractivity contribution is 0.279. The monoisotopic (exact) mass is 359 g/mol. The number of hydrogen-bond acceptors (Lipinski definition) is 3. The van der Waals surface area contributed by atoms with Crippen molar-refractivity contribution in [3.63, 3.8) is 0 Å². The summed E-state index contributed by atoms with van der Waals surface area (Å²) < 4.78 is 1.63. The van der Waals surface area contributed by atoms with Gasteiger partial charge < -0.3 is 4.90 Å². The normalized spacial score (nSPS) is 17.0. The topological polar surface area (TPSA) is 38.1 Å². The molecule has 1 aliphatic rings. The molecule has 1 fully saturated rings. The number of benzene rings is 1. The Hall–Kier alpha value is -1.81. The van der Waals surface area contributed by atoms with Gasteiger partial charge in [-0.2, -0.15) is 0 Å². The minimum atomic E-state index is -0.0418. The fraction of sp³-hybridized carbons (Fsp3) is 0.500. The van der Waals surface area contributed by atoms with E-state index in [1.807, 2.05) is 39.0 Å². The van der Waals surface area contributed by atoms with E-state index in [-0.39, 0.29) is 5.56 Å². The van der Waals surface area contributed by atoms with Gasteiger partial charge in [-0.15, -0.1) is 0 Å². The zero-order chi connectivity index (χ0) is 18.4. The number of anilines is 1. The maximum atomic E-state index is 13.1. The highest BCUT2D eigenvalue weighted by Crippen LogP contribution is 2.32. The maximum absolute atomic E-state index is 13.1. The van der Waals surface area contributed by atoms with Gasteiger partial charge in [0.15, 0.2) is 0 Å². The number of piperidine rings is 1. The van der Waals surface area contributed by atoms with Crippen molar-refractivity contribution in [2.24, 2.45) is 5.41 Å². The van der Waals surface area contributed by atoms with Gasteiger partial charge in [-0.3, -0.25) is 9.36 Å². The SMILES string of the molecule is Cc1cccc(-n2c(C)nc(N3CCC(C)(C)CC3)c(C)c2=O)c1Cl. The molecule has 0 aliphatic carbocycles. The minimum absolute atomic E-state index is 0.0418. The third-order valence-electron chi connectivity index (χ3n) is 5.28. The molecular weight excluding hydrogens is 334 g/mol. The smallest absolute Gasteiger partial charge is 0.263 e. The van der Waals surface area contributed by atoms with E-state index in [1.165, 1.54) is 0 Å². The fourth-order valence-electron chi connectivity index (χ4n) is 3.42. The van der Waals surface area contributed by atoms with Gasteiger partial charge in [0, 0.05) is 13.1 Å². The number of nitrogens with zero attached hydrogens (tertiary/aromatic N) is 3. The third kappa shape index (κ3) is 3.32. The van der Waals surface area contributed by atoms with E-state index in [4.69, 9.17) is 16.6 Å². The molecular formula is C20H26ClN3O. The molecule has 3 rings (SSSR count). The first-order valence-electron chi connectivity index (χ1n) is 8.82. The van der Waals surface area contributed by atoms with Crippen LogP contribution in [0.1, 0.15) is 43.6 Å². The summed E-state index contributed by atoms with van der Waals surface area (Å²) in [5, 5.41) is 0.598. The summed E-state index contributed by atoms with van der Waals surface area (Å²) in [6, 6.07) is 5.72. The Morgan fingerprint density at radius 3 is 2.40 bits per heavy atom. The van der Waals surface area contributed by atoms with Crippen molar-refractivity contribution in [3.8, 4) is 5.69 Å². The number of aryl methyl sites for hydroxylation is 2. The van der Waals surface area contributed by atoms with Gasteiger partial charge in [0.25, 0.3) is 5.56 Å². The number of hydrogen-bond donors (Lipinski definition) is 0. The molecule has 0 spiro atoms. The van der Waals surface area contributed by atoms with E-state index < -0.39 is 0 Å². The first-order chi connectivity index (χ1) is 11.7. The van der Waals surface area contributed by atoms with Crippen LogP contribution in [0.3, 0.4) is 0 Å². The van der Waals surface area contributed by atoms with Crippen molar-refractivity contribution in [1.82, 2.24) is 9.55 Å². The van der Waals surface area contributed by atoms with Gasteiger partial charge in [0.05, 0.1) is 16.3 Å². The second-order valence-corrected chi connectivity index (χ2v) is 8.19. The zero-order valence-corrected chi connectivity index (χ0v) is 16.4. The van der Waals surface area contributed by atoms with Gasteiger partial charge in [-0.25, -0.2) is 4.98 Å². The highest BCUT2D eigenvalue weighted by Gasteiger charge is 2.28. The summed E-state index contributed by atoms with van der Waals surface area (Å²) in [4.78, 5) is 20.1. The lowest BCUT2D eigenvalue weighted by Crippen LogP contribution is -2.40. The van der Waals surface area contributed by atoms with Crippen LogP contribution in [-0.2, 0) is 0 Å². The van der Waals surface area contributed by atoms with E-state index in [2.05, 4.69) is 18.7 Å². The molecule has 134 valence electrons. The van der Waals surface area contributed by atoms with E-state index >= 15 is 0 Å². The van der Waals surface area contributed by atoms with E-state index in [9.17, 15) is 4.79 Å². The Morgan fingerprint density at radius 1 is 1.12 bits per heavy atom. The molecule has 0 bridgehead atoms. The van der Waals surface area contributed by atoms with Crippen molar-refractivity contribution in [2.75, 3.05) is 18.0 Å². The molecule has 0 N–H and O–H groups in total. The number of halogens is 1. The van der Waals surface area contributed by atoms with Crippen molar-refractivity contribution in [2.45, 2.75) is 47.5 Å². The summed E-state index contributed by atoms with van der Waals surface area (Å²) >= 11 is 6.45. The van der Waals surface area contributed by atoms with Crippen LogP contribution in [0.4, 0.5) is 5.82 Å². The second-order valence-electron chi connectivity index (χ2n) is 7.81. The van der Waals surface area contributed by atoms with Gasteiger partial charge in [0.1, 0.15) is 11.6 Å². The number of aromatic nitrogens is 2. The zero-order valence-electron chi connectivity index (χ0n) is 15.7. The van der Waals surface area contributed by atoms with Crippen molar-refractivity contribution in [3.05, 3.63) is 50.5 Å². The molecule has 5 heteroatoms. The van der Waals surface area contributed by atoms with Crippen LogP contribution in [0.2, 0.25) is 5.02 Å². The lowest BCUT2D eigenvalue weighted by atomic mass is 9.82. The van der Waals surface area contributed by atoms with Gasteiger partial charge in [-0.05, 0) is 50.7 Å². The lowest BCUT2D eigenvalue weighted by Gasteiger charge is -2.38. The van der Waals surface area contributed by atoms with Crippen molar-refractivity contribution >= 4 is 17.4 Å². The Balaban J connectivity index is 2.07. The van der Waals surface area contributed by atoms with Gasteiger partial charge in [-0.1, -0.05) is 37.6 Å². The summed E-state index contributed by atoms with van der Waals surface area (Å²) in [7, 11) is 0. The molecule has 0 saturated carbocycles. The molecule has 0 atom stereocenters. The van der Waals surface area contributed by atoms with Crippen LogP contribution in [-0.4, -0.2) is 22.6 Å².